The molecule has 0 fully saturated rings. The lowest BCUT2D eigenvalue weighted by molar-refractivity contribution is 0.254. The molecule has 2 heteroatoms. The SMILES string of the molecule is CCc1ccc(C(Cl)c2ccc3c(c2)CC(C)O3)cc1. The van der Waals surface area contributed by atoms with E-state index in [2.05, 4.69) is 50.2 Å². The van der Waals surface area contributed by atoms with Crippen molar-refractivity contribution >= 4 is 11.6 Å². The highest BCUT2D eigenvalue weighted by Crippen LogP contribution is 2.35. The highest BCUT2D eigenvalue weighted by molar-refractivity contribution is 6.22. The molecule has 2 aromatic rings. The molecule has 2 aromatic carbocycles. The maximum absolute atomic E-state index is 6.62. The van der Waals surface area contributed by atoms with Crippen molar-refractivity contribution in [1.29, 1.82) is 0 Å². The van der Waals surface area contributed by atoms with Crippen molar-refractivity contribution in [2.75, 3.05) is 0 Å². The van der Waals surface area contributed by atoms with Gasteiger partial charge in [-0.25, -0.2) is 0 Å². The first-order chi connectivity index (χ1) is 9.67. The molecule has 0 aromatic heterocycles. The molecule has 2 atom stereocenters. The maximum Gasteiger partial charge on any atom is 0.123 e. The van der Waals surface area contributed by atoms with Crippen molar-refractivity contribution in [2.45, 2.75) is 38.2 Å². The van der Waals surface area contributed by atoms with Gasteiger partial charge in [0.2, 0.25) is 0 Å². The fraction of sp³-hybridized carbons (Fsp3) is 0.333. The molecule has 0 radical (unpaired) electrons. The van der Waals surface area contributed by atoms with Crippen LogP contribution in [0.15, 0.2) is 42.5 Å². The zero-order valence-electron chi connectivity index (χ0n) is 11.9. The van der Waals surface area contributed by atoms with Crippen molar-refractivity contribution in [3.05, 3.63) is 64.7 Å². The number of alkyl halides is 1. The average molecular weight is 287 g/mol. The van der Waals surface area contributed by atoms with Gasteiger partial charge >= 0.3 is 0 Å². The van der Waals surface area contributed by atoms with E-state index in [4.69, 9.17) is 16.3 Å². The summed E-state index contributed by atoms with van der Waals surface area (Å²) in [6, 6.07) is 14.9. The zero-order valence-corrected chi connectivity index (χ0v) is 12.7. The zero-order chi connectivity index (χ0) is 14.1. The number of aryl methyl sites for hydroxylation is 1. The highest BCUT2D eigenvalue weighted by Gasteiger charge is 2.21. The van der Waals surface area contributed by atoms with Crippen molar-refractivity contribution in [3.8, 4) is 5.75 Å². The van der Waals surface area contributed by atoms with Gasteiger partial charge in [-0.2, -0.15) is 0 Å². The van der Waals surface area contributed by atoms with Crippen molar-refractivity contribution in [2.24, 2.45) is 0 Å². The average Bonchev–Trinajstić information content (AvgIpc) is 2.85. The second-order valence-corrected chi connectivity index (χ2v) is 5.89. The van der Waals surface area contributed by atoms with Crippen molar-refractivity contribution < 1.29 is 4.74 Å². The van der Waals surface area contributed by atoms with E-state index < -0.39 is 0 Å². The number of halogens is 1. The van der Waals surface area contributed by atoms with Gasteiger partial charge in [-0.05, 0) is 41.7 Å². The topological polar surface area (TPSA) is 9.23 Å². The van der Waals surface area contributed by atoms with Crippen LogP contribution >= 0.6 is 11.6 Å². The first kappa shape index (κ1) is 13.5. The highest BCUT2D eigenvalue weighted by atomic mass is 35.5. The third-order valence-electron chi connectivity index (χ3n) is 3.89. The van der Waals surface area contributed by atoms with Crippen LogP contribution in [0.2, 0.25) is 0 Å². The Morgan fingerprint density at radius 1 is 1.15 bits per heavy atom. The van der Waals surface area contributed by atoms with Crippen LogP contribution in [-0.2, 0) is 12.8 Å². The summed E-state index contributed by atoms with van der Waals surface area (Å²) in [4.78, 5) is 0. The van der Waals surface area contributed by atoms with Crippen LogP contribution in [0.1, 0.15) is 41.5 Å². The smallest absolute Gasteiger partial charge is 0.123 e. The van der Waals surface area contributed by atoms with Gasteiger partial charge in [0.25, 0.3) is 0 Å². The summed E-state index contributed by atoms with van der Waals surface area (Å²) in [5, 5.41) is -0.0953. The van der Waals surface area contributed by atoms with Gasteiger partial charge < -0.3 is 4.74 Å². The number of benzene rings is 2. The molecule has 1 aliphatic heterocycles. The minimum absolute atomic E-state index is 0.0953. The lowest BCUT2D eigenvalue weighted by Gasteiger charge is -2.12. The Hall–Kier alpha value is -1.47. The molecular formula is C18H19ClO. The fourth-order valence-corrected chi connectivity index (χ4v) is 3.00. The molecule has 104 valence electrons. The van der Waals surface area contributed by atoms with Crippen LogP contribution in [0, 0.1) is 0 Å². The predicted molar refractivity (Wildman–Crippen MR) is 83.8 cm³/mol. The lowest BCUT2D eigenvalue weighted by atomic mass is 9.99. The van der Waals surface area contributed by atoms with E-state index >= 15 is 0 Å². The van der Waals surface area contributed by atoms with E-state index in [1.807, 2.05) is 6.07 Å². The fourth-order valence-electron chi connectivity index (χ4n) is 2.71. The van der Waals surface area contributed by atoms with Crippen LogP contribution in [0.5, 0.6) is 5.75 Å². The van der Waals surface area contributed by atoms with E-state index in [1.165, 1.54) is 11.1 Å². The van der Waals surface area contributed by atoms with E-state index in [9.17, 15) is 0 Å². The molecule has 2 unspecified atom stereocenters. The lowest BCUT2D eigenvalue weighted by Crippen LogP contribution is -2.05. The third kappa shape index (κ3) is 2.55. The first-order valence-corrected chi connectivity index (χ1v) is 7.63. The molecule has 0 aliphatic carbocycles. The molecule has 1 aliphatic rings. The quantitative estimate of drug-likeness (QED) is 0.729. The molecule has 0 saturated heterocycles. The van der Waals surface area contributed by atoms with Crippen LogP contribution < -0.4 is 4.74 Å². The monoisotopic (exact) mass is 286 g/mol. The molecule has 0 saturated carbocycles. The van der Waals surface area contributed by atoms with Crippen LogP contribution in [-0.4, -0.2) is 6.10 Å². The Morgan fingerprint density at radius 3 is 2.55 bits per heavy atom. The number of rotatable bonds is 3. The van der Waals surface area contributed by atoms with Gasteiger partial charge in [0.1, 0.15) is 11.9 Å². The number of ether oxygens (including phenoxy) is 1. The number of fused-ring (bicyclic) bond motifs is 1. The molecule has 0 N–H and O–H groups in total. The van der Waals surface area contributed by atoms with Gasteiger partial charge in [-0.1, -0.05) is 43.3 Å². The van der Waals surface area contributed by atoms with E-state index in [0.717, 1.165) is 29.7 Å². The minimum atomic E-state index is -0.0953. The summed E-state index contributed by atoms with van der Waals surface area (Å²) in [6.45, 7) is 4.26. The standard InChI is InChI=1S/C18H19ClO/c1-3-13-4-6-14(7-5-13)18(19)15-8-9-17-16(11-15)10-12(2)20-17/h4-9,11-12,18H,3,10H2,1-2H3. The van der Waals surface area contributed by atoms with E-state index in [0.29, 0.717) is 0 Å². The first-order valence-electron chi connectivity index (χ1n) is 7.19. The molecule has 0 amide bonds. The van der Waals surface area contributed by atoms with Crippen LogP contribution in [0.3, 0.4) is 0 Å². The Labute approximate surface area is 125 Å². The molecule has 0 bridgehead atoms. The Morgan fingerprint density at radius 2 is 1.85 bits per heavy atom. The van der Waals surface area contributed by atoms with Gasteiger partial charge in [-0.15, -0.1) is 11.6 Å². The second kappa shape index (κ2) is 5.49. The number of hydrogen-bond acceptors (Lipinski definition) is 1. The summed E-state index contributed by atoms with van der Waals surface area (Å²) in [7, 11) is 0. The summed E-state index contributed by atoms with van der Waals surface area (Å²) in [5.74, 6) is 1.01. The summed E-state index contributed by atoms with van der Waals surface area (Å²) < 4.78 is 5.73. The largest absolute Gasteiger partial charge is 0.490 e. The summed E-state index contributed by atoms with van der Waals surface area (Å²) in [6.07, 6.45) is 2.31. The van der Waals surface area contributed by atoms with Gasteiger partial charge in [0, 0.05) is 6.42 Å². The molecule has 1 nitrogen and oxygen atoms in total. The molecule has 3 rings (SSSR count). The Balaban J connectivity index is 1.86. The second-order valence-electron chi connectivity index (χ2n) is 5.46. The van der Waals surface area contributed by atoms with Crippen LogP contribution in [0.4, 0.5) is 0 Å². The predicted octanol–water partition coefficient (Wildman–Crippen LogP) is 4.90. The van der Waals surface area contributed by atoms with Crippen molar-refractivity contribution in [1.82, 2.24) is 0 Å². The van der Waals surface area contributed by atoms with Gasteiger partial charge in [0.15, 0.2) is 0 Å². The Bertz CT molecular complexity index is 603. The maximum atomic E-state index is 6.62. The van der Waals surface area contributed by atoms with E-state index in [-0.39, 0.29) is 11.5 Å². The minimum Gasteiger partial charge on any atom is -0.490 e. The molecule has 0 spiro atoms. The molecule has 1 heterocycles. The van der Waals surface area contributed by atoms with Crippen LogP contribution in [0.25, 0.3) is 0 Å². The Kier molecular flexibility index (Phi) is 3.71. The van der Waals surface area contributed by atoms with Crippen molar-refractivity contribution in [3.63, 3.8) is 0 Å². The third-order valence-corrected chi connectivity index (χ3v) is 4.40. The normalized spacial score (nSPS) is 18.4. The number of hydrogen-bond donors (Lipinski definition) is 0. The molecular weight excluding hydrogens is 268 g/mol. The van der Waals surface area contributed by atoms with Gasteiger partial charge in [-0.3, -0.25) is 0 Å². The summed E-state index contributed by atoms with van der Waals surface area (Å²) >= 11 is 6.62. The van der Waals surface area contributed by atoms with Gasteiger partial charge in [0.05, 0.1) is 5.38 Å². The summed E-state index contributed by atoms with van der Waals surface area (Å²) in [5.41, 5.74) is 4.91. The van der Waals surface area contributed by atoms with E-state index in [1.54, 1.807) is 0 Å². The molecule has 20 heavy (non-hydrogen) atoms.